The van der Waals surface area contributed by atoms with Gasteiger partial charge < -0.3 is 4.84 Å². The van der Waals surface area contributed by atoms with Gasteiger partial charge in [0.05, 0.1) is 11.9 Å². The molecule has 0 spiro atoms. The second-order valence-corrected chi connectivity index (χ2v) is 4.39. The summed E-state index contributed by atoms with van der Waals surface area (Å²) in [6.07, 6.45) is 1.31. The van der Waals surface area contributed by atoms with Gasteiger partial charge in [0.2, 0.25) is 10.0 Å². The molecule has 0 radical (unpaired) electrons. The smallest absolute Gasteiger partial charge is 0.213 e. The van der Waals surface area contributed by atoms with E-state index in [1.165, 1.54) is 0 Å². The summed E-state index contributed by atoms with van der Waals surface area (Å²) in [5.41, 5.74) is 2.54. The Morgan fingerprint density at radius 2 is 2.27 bits per heavy atom. The quantitative estimate of drug-likeness (QED) is 0.540. The van der Waals surface area contributed by atoms with E-state index in [0.29, 0.717) is 19.6 Å². The van der Waals surface area contributed by atoms with Crippen LogP contribution in [0, 0.1) is 0 Å². The fraction of sp³-hybridized carbons (Fsp3) is 1.00. The summed E-state index contributed by atoms with van der Waals surface area (Å²) in [4.78, 5) is 4.85. The Morgan fingerprint density at radius 1 is 1.55 bits per heavy atom. The fourth-order valence-corrected chi connectivity index (χ4v) is 1.79. The molecule has 1 unspecified atom stereocenters. The molecule has 1 rings (SSSR count). The highest BCUT2D eigenvalue weighted by atomic mass is 32.2. The maximum absolute atomic E-state index is 10.8. The van der Waals surface area contributed by atoms with Crippen LogP contribution >= 0.6 is 0 Å². The first-order valence-electron chi connectivity index (χ1n) is 3.47. The maximum atomic E-state index is 10.8. The zero-order valence-corrected chi connectivity index (χ0v) is 6.93. The minimum Gasteiger partial charge on any atom is -0.302 e. The summed E-state index contributed by atoms with van der Waals surface area (Å²) in [6, 6.07) is 0. The molecule has 0 aromatic rings. The SMILES string of the molecule is NS(=O)(=O)C1CCCONC1. The Bertz CT molecular complexity index is 206. The molecule has 11 heavy (non-hydrogen) atoms. The van der Waals surface area contributed by atoms with Crippen LogP contribution in [0.15, 0.2) is 0 Å². The van der Waals surface area contributed by atoms with Crippen molar-refractivity contribution in [3.05, 3.63) is 0 Å². The van der Waals surface area contributed by atoms with E-state index in [1.807, 2.05) is 0 Å². The molecule has 1 heterocycles. The highest BCUT2D eigenvalue weighted by molar-refractivity contribution is 7.89. The first-order chi connectivity index (χ1) is 5.11. The van der Waals surface area contributed by atoms with Crippen LogP contribution < -0.4 is 10.6 Å². The van der Waals surface area contributed by atoms with Crippen LogP contribution in [0.3, 0.4) is 0 Å². The molecule has 0 saturated carbocycles. The van der Waals surface area contributed by atoms with Gasteiger partial charge in [-0.2, -0.15) is 0 Å². The lowest BCUT2D eigenvalue weighted by Crippen LogP contribution is -2.35. The Kier molecular flexibility index (Phi) is 2.83. The molecular formula is C5H12N2O3S. The van der Waals surface area contributed by atoms with Crippen molar-refractivity contribution >= 4 is 10.0 Å². The second-order valence-electron chi connectivity index (χ2n) is 2.55. The Balaban J connectivity index is 2.57. The van der Waals surface area contributed by atoms with Gasteiger partial charge in [-0.05, 0) is 12.8 Å². The normalized spacial score (nSPS) is 27.9. The average Bonchev–Trinajstić information content (AvgIpc) is 2.10. The largest absolute Gasteiger partial charge is 0.302 e. The molecule has 66 valence electrons. The highest BCUT2D eigenvalue weighted by Gasteiger charge is 2.22. The third-order valence-corrected chi connectivity index (χ3v) is 2.98. The van der Waals surface area contributed by atoms with Gasteiger partial charge in [0.1, 0.15) is 0 Å². The van der Waals surface area contributed by atoms with Crippen LogP contribution in [-0.4, -0.2) is 26.8 Å². The lowest BCUT2D eigenvalue weighted by molar-refractivity contribution is 0.0527. The minimum atomic E-state index is -3.39. The predicted molar refractivity (Wildman–Crippen MR) is 40.1 cm³/mol. The van der Waals surface area contributed by atoms with Crippen molar-refractivity contribution in [2.45, 2.75) is 18.1 Å². The highest BCUT2D eigenvalue weighted by Crippen LogP contribution is 2.07. The third kappa shape index (κ3) is 2.74. The molecule has 0 bridgehead atoms. The van der Waals surface area contributed by atoms with Gasteiger partial charge in [0.15, 0.2) is 0 Å². The van der Waals surface area contributed by atoms with Gasteiger partial charge in [0, 0.05) is 6.54 Å². The summed E-state index contributed by atoms with van der Waals surface area (Å²) in [5, 5.41) is 4.46. The van der Waals surface area contributed by atoms with Gasteiger partial charge >= 0.3 is 0 Å². The van der Waals surface area contributed by atoms with Crippen LogP contribution in [0.1, 0.15) is 12.8 Å². The topological polar surface area (TPSA) is 81.4 Å². The van der Waals surface area contributed by atoms with Crippen LogP contribution in [0.4, 0.5) is 0 Å². The third-order valence-electron chi connectivity index (χ3n) is 1.65. The summed E-state index contributed by atoms with van der Waals surface area (Å²) in [5.74, 6) is 0. The zero-order chi connectivity index (χ0) is 8.32. The van der Waals surface area contributed by atoms with Crippen molar-refractivity contribution in [3.8, 4) is 0 Å². The van der Waals surface area contributed by atoms with Gasteiger partial charge in [0.25, 0.3) is 0 Å². The number of hydrogen-bond acceptors (Lipinski definition) is 4. The standard InChI is InChI=1S/C5H12N2O3S/c6-11(8,9)5-2-1-3-10-7-4-5/h5,7H,1-4H2,(H2,6,8,9). The molecule has 1 fully saturated rings. The molecule has 1 atom stereocenters. The van der Waals surface area contributed by atoms with Crippen molar-refractivity contribution < 1.29 is 13.3 Å². The molecular weight excluding hydrogens is 168 g/mol. The van der Waals surface area contributed by atoms with Crippen LogP contribution in [-0.2, 0) is 14.9 Å². The lowest BCUT2D eigenvalue weighted by atomic mass is 10.2. The number of rotatable bonds is 1. The predicted octanol–water partition coefficient (Wildman–Crippen LogP) is -1.04. The van der Waals surface area contributed by atoms with E-state index in [2.05, 4.69) is 5.48 Å². The number of hydrogen-bond donors (Lipinski definition) is 2. The lowest BCUT2D eigenvalue weighted by Gasteiger charge is -2.09. The molecule has 0 amide bonds. The van der Waals surface area contributed by atoms with Gasteiger partial charge in [-0.15, -0.1) is 0 Å². The summed E-state index contributed by atoms with van der Waals surface area (Å²) in [7, 11) is -3.39. The summed E-state index contributed by atoms with van der Waals surface area (Å²) in [6.45, 7) is 0.838. The molecule has 1 aliphatic heterocycles. The molecule has 0 aromatic heterocycles. The van der Waals surface area contributed by atoms with Gasteiger partial charge in [-0.25, -0.2) is 19.0 Å². The number of nitrogens with two attached hydrogens (primary N) is 1. The molecule has 5 nitrogen and oxygen atoms in total. The zero-order valence-electron chi connectivity index (χ0n) is 6.12. The van der Waals surface area contributed by atoms with E-state index in [-0.39, 0.29) is 0 Å². The van der Waals surface area contributed by atoms with Gasteiger partial charge in [-0.3, -0.25) is 0 Å². The first kappa shape index (κ1) is 8.92. The van der Waals surface area contributed by atoms with Gasteiger partial charge in [-0.1, -0.05) is 0 Å². The summed E-state index contributed by atoms with van der Waals surface area (Å²) < 4.78 is 21.6. The first-order valence-corrected chi connectivity index (χ1v) is 5.08. The molecule has 0 aromatic carbocycles. The van der Waals surface area contributed by atoms with Crippen molar-refractivity contribution in [1.29, 1.82) is 0 Å². The molecule has 1 aliphatic rings. The number of nitrogens with one attached hydrogen (secondary N) is 1. The van der Waals surface area contributed by atoms with Crippen LogP contribution in [0.25, 0.3) is 0 Å². The molecule has 3 N–H and O–H groups in total. The Morgan fingerprint density at radius 3 is 2.91 bits per heavy atom. The molecule has 6 heteroatoms. The molecule has 1 saturated heterocycles. The number of hydroxylamine groups is 1. The van der Waals surface area contributed by atoms with E-state index >= 15 is 0 Å². The monoisotopic (exact) mass is 180 g/mol. The van der Waals surface area contributed by atoms with Crippen LogP contribution in [0.5, 0.6) is 0 Å². The van der Waals surface area contributed by atoms with E-state index in [9.17, 15) is 8.42 Å². The minimum absolute atomic E-state index is 0.291. The fourth-order valence-electron chi connectivity index (χ4n) is 0.990. The average molecular weight is 180 g/mol. The van der Waals surface area contributed by atoms with E-state index in [4.69, 9.17) is 9.98 Å². The summed E-state index contributed by atoms with van der Waals surface area (Å²) >= 11 is 0. The van der Waals surface area contributed by atoms with E-state index in [0.717, 1.165) is 6.42 Å². The number of primary sulfonamides is 1. The second kappa shape index (κ2) is 3.48. The molecule has 0 aliphatic carbocycles. The van der Waals surface area contributed by atoms with Crippen molar-refractivity contribution in [3.63, 3.8) is 0 Å². The van der Waals surface area contributed by atoms with Crippen molar-refractivity contribution in [1.82, 2.24) is 5.48 Å². The Labute approximate surface area is 65.9 Å². The number of sulfonamides is 1. The maximum Gasteiger partial charge on any atom is 0.213 e. The van der Waals surface area contributed by atoms with Crippen molar-refractivity contribution in [2.75, 3.05) is 13.2 Å². The van der Waals surface area contributed by atoms with Crippen molar-refractivity contribution in [2.24, 2.45) is 5.14 Å². The van der Waals surface area contributed by atoms with E-state index in [1.54, 1.807) is 0 Å². The van der Waals surface area contributed by atoms with E-state index < -0.39 is 15.3 Å². The Hall–Kier alpha value is -0.170. The van der Waals surface area contributed by atoms with Crippen LogP contribution in [0.2, 0.25) is 0 Å².